The molecule has 122 valence electrons. The highest BCUT2D eigenvalue weighted by Gasteiger charge is 2.51. The monoisotopic (exact) mass is 343 g/mol. The number of amides is 1. The molecule has 22 heavy (non-hydrogen) atoms. The number of nitrogens with one attached hydrogen (secondary N) is 1. The van der Waals surface area contributed by atoms with Crippen molar-refractivity contribution in [2.24, 2.45) is 0 Å². The molecule has 1 N–H and O–H groups in total. The maximum absolute atomic E-state index is 12.4. The van der Waals surface area contributed by atoms with E-state index in [9.17, 15) is 13.2 Å². The van der Waals surface area contributed by atoms with E-state index in [-0.39, 0.29) is 18.2 Å². The van der Waals surface area contributed by atoms with Gasteiger partial charge in [-0.15, -0.1) is 0 Å². The summed E-state index contributed by atoms with van der Waals surface area (Å²) in [6, 6.07) is 7.27. The van der Waals surface area contributed by atoms with Crippen LogP contribution in [-0.2, 0) is 20.0 Å². The average molecular weight is 344 g/mol. The Hall–Kier alpha value is -1.07. The van der Waals surface area contributed by atoms with Gasteiger partial charge in [0.25, 0.3) is 0 Å². The minimum absolute atomic E-state index is 0.0427. The number of benzene rings is 1. The first-order valence-electron chi connectivity index (χ1n) is 7.35. The van der Waals surface area contributed by atoms with Gasteiger partial charge in [-0.25, -0.2) is 8.42 Å². The molecule has 6 heteroatoms. The molecule has 1 amide bonds. The van der Waals surface area contributed by atoms with Crippen molar-refractivity contribution in [1.29, 1.82) is 0 Å². The molecule has 0 aliphatic heterocycles. The maximum atomic E-state index is 12.4. The minimum atomic E-state index is -3.22. The second-order valence-electron chi connectivity index (χ2n) is 6.78. The van der Waals surface area contributed by atoms with Crippen molar-refractivity contribution in [1.82, 2.24) is 5.32 Å². The van der Waals surface area contributed by atoms with Crippen molar-refractivity contribution in [3.05, 3.63) is 34.9 Å². The number of carbonyl (C=O) groups is 1. The zero-order chi connectivity index (χ0) is 16.6. The molecule has 1 aromatic rings. The second kappa shape index (κ2) is 5.85. The van der Waals surface area contributed by atoms with Gasteiger partial charge in [0, 0.05) is 11.6 Å². The lowest BCUT2D eigenvalue weighted by Gasteiger charge is -2.20. The Kier molecular flexibility index (Phi) is 4.60. The van der Waals surface area contributed by atoms with Crippen molar-refractivity contribution >= 4 is 27.3 Å². The zero-order valence-corrected chi connectivity index (χ0v) is 14.7. The Morgan fingerprint density at radius 3 is 2.23 bits per heavy atom. The molecule has 0 unspecified atom stereocenters. The second-order valence-corrected chi connectivity index (χ2v) is 10.1. The summed E-state index contributed by atoms with van der Waals surface area (Å²) < 4.78 is 23.3. The van der Waals surface area contributed by atoms with Crippen molar-refractivity contribution in [2.75, 3.05) is 12.3 Å². The van der Waals surface area contributed by atoms with E-state index in [1.165, 1.54) is 0 Å². The van der Waals surface area contributed by atoms with E-state index in [4.69, 9.17) is 11.6 Å². The van der Waals surface area contributed by atoms with Crippen molar-refractivity contribution in [3.63, 3.8) is 0 Å². The molecular formula is C16H22ClNO3S. The van der Waals surface area contributed by atoms with Crippen molar-refractivity contribution < 1.29 is 13.2 Å². The molecule has 1 fully saturated rings. The van der Waals surface area contributed by atoms with Gasteiger partial charge < -0.3 is 5.32 Å². The molecule has 1 aromatic carbocycles. The highest BCUT2D eigenvalue weighted by Crippen LogP contribution is 2.48. The summed E-state index contributed by atoms with van der Waals surface area (Å²) in [4.78, 5) is 12.4. The topological polar surface area (TPSA) is 63.2 Å². The lowest BCUT2D eigenvalue weighted by Crippen LogP contribution is -2.40. The Bertz CT molecular complexity index is 656. The Balaban J connectivity index is 1.97. The van der Waals surface area contributed by atoms with Gasteiger partial charge in [-0.1, -0.05) is 23.7 Å². The normalized spacial score (nSPS) is 17.1. The Morgan fingerprint density at radius 1 is 1.23 bits per heavy atom. The molecule has 2 rings (SSSR count). The summed E-state index contributed by atoms with van der Waals surface area (Å²) in [6.45, 7) is 5.15. The van der Waals surface area contributed by atoms with Gasteiger partial charge >= 0.3 is 0 Å². The fourth-order valence-electron chi connectivity index (χ4n) is 2.32. The largest absolute Gasteiger partial charge is 0.354 e. The lowest BCUT2D eigenvalue weighted by molar-refractivity contribution is -0.123. The van der Waals surface area contributed by atoms with Crippen LogP contribution in [0.2, 0.25) is 5.02 Å². The highest BCUT2D eigenvalue weighted by atomic mass is 35.5. The lowest BCUT2D eigenvalue weighted by atomic mass is 9.95. The van der Waals surface area contributed by atoms with Gasteiger partial charge in [0.15, 0.2) is 9.84 Å². The number of sulfone groups is 1. The summed E-state index contributed by atoms with van der Waals surface area (Å²) in [5, 5.41) is 3.41. The average Bonchev–Trinajstić information content (AvgIpc) is 3.19. The van der Waals surface area contributed by atoms with Crippen LogP contribution >= 0.6 is 11.6 Å². The van der Waals surface area contributed by atoms with Crippen molar-refractivity contribution in [3.8, 4) is 0 Å². The van der Waals surface area contributed by atoms with E-state index < -0.39 is 20.0 Å². The molecule has 0 radical (unpaired) electrons. The van der Waals surface area contributed by atoms with E-state index in [1.54, 1.807) is 32.9 Å². The van der Waals surface area contributed by atoms with Crippen LogP contribution < -0.4 is 5.32 Å². The first-order valence-corrected chi connectivity index (χ1v) is 9.38. The molecule has 0 atom stereocenters. The van der Waals surface area contributed by atoms with Gasteiger partial charge in [0.1, 0.15) is 0 Å². The van der Waals surface area contributed by atoms with Gasteiger partial charge in [0.2, 0.25) is 5.91 Å². The van der Waals surface area contributed by atoms with Gasteiger partial charge in [-0.3, -0.25) is 4.79 Å². The summed E-state index contributed by atoms with van der Waals surface area (Å²) in [7, 11) is -3.22. The van der Waals surface area contributed by atoms with Crippen LogP contribution in [0.3, 0.4) is 0 Å². The smallest absolute Gasteiger partial charge is 0.230 e. The van der Waals surface area contributed by atoms with Crippen molar-refractivity contribution in [2.45, 2.75) is 43.8 Å². The van der Waals surface area contributed by atoms with Crippen LogP contribution in [0.4, 0.5) is 0 Å². The molecule has 0 saturated heterocycles. The third kappa shape index (κ3) is 3.46. The number of hydrogen-bond donors (Lipinski definition) is 1. The molecule has 0 bridgehead atoms. The predicted octanol–water partition coefficient (Wildman–Crippen LogP) is 2.70. The van der Waals surface area contributed by atoms with Crippen LogP contribution in [-0.4, -0.2) is 31.4 Å². The maximum Gasteiger partial charge on any atom is 0.230 e. The van der Waals surface area contributed by atoms with Gasteiger partial charge in [0.05, 0.1) is 15.9 Å². The summed E-state index contributed by atoms with van der Waals surface area (Å²) >= 11 is 5.87. The first kappa shape index (κ1) is 17.3. The fraction of sp³-hybridized carbons (Fsp3) is 0.562. The molecular weight excluding hydrogens is 322 g/mol. The molecule has 1 aliphatic carbocycles. The van der Waals surface area contributed by atoms with E-state index >= 15 is 0 Å². The molecule has 0 heterocycles. The fourth-order valence-corrected chi connectivity index (χ4v) is 3.42. The van der Waals surface area contributed by atoms with Crippen LogP contribution in [0, 0.1) is 0 Å². The molecule has 1 aliphatic rings. The number of rotatable bonds is 5. The first-order chi connectivity index (χ1) is 10.1. The SMILES string of the molecule is CC(C)(C)S(=O)(=O)CCNC(=O)C1(c2ccc(Cl)cc2)CC1. The number of carbonyl (C=O) groups excluding carboxylic acids is 1. The third-order valence-electron chi connectivity index (χ3n) is 4.17. The van der Waals surface area contributed by atoms with Crippen LogP contribution in [0.15, 0.2) is 24.3 Å². The predicted molar refractivity (Wildman–Crippen MR) is 88.9 cm³/mol. The molecule has 4 nitrogen and oxygen atoms in total. The van der Waals surface area contributed by atoms with E-state index in [0.717, 1.165) is 18.4 Å². The third-order valence-corrected chi connectivity index (χ3v) is 7.03. The van der Waals surface area contributed by atoms with Crippen LogP contribution in [0.5, 0.6) is 0 Å². The Morgan fingerprint density at radius 2 is 1.77 bits per heavy atom. The minimum Gasteiger partial charge on any atom is -0.354 e. The standard InChI is InChI=1S/C16H22ClNO3S/c1-15(2,3)22(20,21)11-10-18-14(19)16(8-9-16)12-4-6-13(17)7-5-12/h4-7H,8-11H2,1-3H3,(H,18,19). The Labute approximate surface area is 137 Å². The van der Waals surface area contributed by atoms with E-state index in [2.05, 4.69) is 5.32 Å². The van der Waals surface area contributed by atoms with Gasteiger partial charge in [-0.2, -0.15) is 0 Å². The molecule has 0 aromatic heterocycles. The van der Waals surface area contributed by atoms with Crippen LogP contribution in [0.1, 0.15) is 39.2 Å². The molecule has 0 spiro atoms. The van der Waals surface area contributed by atoms with E-state index in [0.29, 0.717) is 5.02 Å². The summed E-state index contributed by atoms with van der Waals surface area (Å²) in [5.74, 6) is -0.141. The highest BCUT2D eigenvalue weighted by molar-refractivity contribution is 7.92. The number of hydrogen-bond acceptors (Lipinski definition) is 3. The van der Waals surface area contributed by atoms with Gasteiger partial charge in [-0.05, 0) is 51.3 Å². The summed E-state index contributed by atoms with van der Waals surface area (Å²) in [5.41, 5.74) is 0.434. The van der Waals surface area contributed by atoms with E-state index in [1.807, 2.05) is 12.1 Å². The number of halogens is 1. The quantitative estimate of drug-likeness (QED) is 0.894. The summed E-state index contributed by atoms with van der Waals surface area (Å²) in [6.07, 6.45) is 1.57. The van der Waals surface area contributed by atoms with Crippen LogP contribution in [0.25, 0.3) is 0 Å². The zero-order valence-electron chi connectivity index (χ0n) is 13.1. The molecule has 1 saturated carbocycles.